The molecule has 1 saturated carbocycles. The van der Waals surface area contributed by atoms with Gasteiger partial charge in [0, 0.05) is 17.5 Å². The second-order valence-corrected chi connectivity index (χ2v) is 6.66. The van der Waals surface area contributed by atoms with Crippen molar-refractivity contribution < 1.29 is 9.84 Å². The molecule has 1 aromatic carbocycles. The molecule has 0 spiro atoms. The summed E-state index contributed by atoms with van der Waals surface area (Å²) in [6.45, 7) is 7.08. The molecule has 1 aromatic rings. The van der Waals surface area contributed by atoms with Crippen LogP contribution >= 0.6 is 0 Å². The predicted molar refractivity (Wildman–Crippen MR) is 77.9 cm³/mol. The predicted octanol–water partition coefficient (Wildman–Crippen LogP) is 3.08. The van der Waals surface area contributed by atoms with Gasteiger partial charge in [-0.05, 0) is 29.9 Å². The van der Waals surface area contributed by atoms with E-state index >= 15 is 0 Å². The Morgan fingerprint density at radius 2 is 1.95 bits per heavy atom. The van der Waals surface area contributed by atoms with Crippen molar-refractivity contribution >= 4 is 0 Å². The topological polar surface area (TPSA) is 55.5 Å². The van der Waals surface area contributed by atoms with E-state index in [9.17, 15) is 5.11 Å². The van der Waals surface area contributed by atoms with Gasteiger partial charge in [-0.25, -0.2) is 0 Å². The number of methoxy groups -OCH3 is 1. The fraction of sp³-hybridized carbons (Fsp3) is 0.625. The average molecular weight is 263 g/mol. The Labute approximate surface area is 115 Å². The van der Waals surface area contributed by atoms with E-state index in [0.29, 0.717) is 12.3 Å². The van der Waals surface area contributed by atoms with Crippen LogP contribution < -0.4 is 10.5 Å². The molecule has 1 aliphatic rings. The molecular formula is C16H25NO2. The van der Waals surface area contributed by atoms with Gasteiger partial charge in [-0.3, -0.25) is 0 Å². The molecule has 0 unspecified atom stereocenters. The summed E-state index contributed by atoms with van der Waals surface area (Å²) in [7, 11) is 1.60. The van der Waals surface area contributed by atoms with Crippen molar-refractivity contribution in [1.29, 1.82) is 0 Å². The maximum atomic E-state index is 10.4. The lowest BCUT2D eigenvalue weighted by Gasteiger charge is -2.42. The number of benzene rings is 1. The zero-order valence-electron chi connectivity index (χ0n) is 12.4. The fourth-order valence-electron chi connectivity index (χ4n) is 2.79. The third kappa shape index (κ3) is 2.32. The molecule has 2 rings (SSSR count). The SMILES string of the molecule is COc1cc(C(C)(C)C)cc(C2(CN)CCC2)c1O. The minimum Gasteiger partial charge on any atom is -0.504 e. The Morgan fingerprint density at radius 1 is 1.32 bits per heavy atom. The number of rotatable bonds is 3. The molecule has 19 heavy (non-hydrogen) atoms. The van der Waals surface area contributed by atoms with E-state index in [0.717, 1.165) is 18.4 Å². The summed E-state index contributed by atoms with van der Waals surface area (Å²) in [5, 5.41) is 10.4. The minimum absolute atomic E-state index is 0.0231. The summed E-state index contributed by atoms with van der Waals surface area (Å²) in [5.41, 5.74) is 8.08. The largest absolute Gasteiger partial charge is 0.504 e. The molecule has 0 atom stereocenters. The summed E-state index contributed by atoms with van der Waals surface area (Å²) in [6.07, 6.45) is 3.28. The highest BCUT2D eigenvalue weighted by molar-refractivity contribution is 5.54. The smallest absolute Gasteiger partial charge is 0.161 e. The summed E-state index contributed by atoms with van der Waals surface area (Å²) in [5.74, 6) is 0.822. The molecule has 0 saturated heterocycles. The molecule has 0 heterocycles. The van der Waals surface area contributed by atoms with Crippen molar-refractivity contribution in [1.82, 2.24) is 0 Å². The van der Waals surface area contributed by atoms with Gasteiger partial charge < -0.3 is 15.6 Å². The van der Waals surface area contributed by atoms with E-state index < -0.39 is 0 Å². The van der Waals surface area contributed by atoms with Crippen molar-refractivity contribution in [2.24, 2.45) is 5.73 Å². The fourth-order valence-corrected chi connectivity index (χ4v) is 2.79. The van der Waals surface area contributed by atoms with Gasteiger partial charge in [0.1, 0.15) is 0 Å². The number of phenolic OH excluding ortho intramolecular Hbond substituents is 1. The lowest BCUT2D eigenvalue weighted by Crippen LogP contribution is -2.41. The van der Waals surface area contributed by atoms with Crippen LogP contribution in [0.1, 0.15) is 51.2 Å². The van der Waals surface area contributed by atoms with Gasteiger partial charge in [-0.2, -0.15) is 0 Å². The first-order chi connectivity index (χ1) is 8.84. The van der Waals surface area contributed by atoms with Gasteiger partial charge in [0.2, 0.25) is 0 Å². The molecule has 3 heteroatoms. The summed E-state index contributed by atoms with van der Waals surface area (Å²) < 4.78 is 5.34. The Balaban J connectivity index is 2.59. The van der Waals surface area contributed by atoms with Gasteiger partial charge in [0.05, 0.1) is 7.11 Å². The third-order valence-electron chi connectivity index (χ3n) is 4.43. The Kier molecular flexibility index (Phi) is 3.52. The highest BCUT2D eigenvalue weighted by Gasteiger charge is 2.40. The molecule has 3 nitrogen and oxygen atoms in total. The van der Waals surface area contributed by atoms with E-state index in [4.69, 9.17) is 10.5 Å². The first kappa shape index (κ1) is 14.2. The number of hydrogen-bond donors (Lipinski definition) is 2. The molecule has 0 amide bonds. The second kappa shape index (κ2) is 4.71. The zero-order valence-corrected chi connectivity index (χ0v) is 12.4. The van der Waals surface area contributed by atoms with Gasteiger partial charge >= 0.3 is 0 Å². The van der Waals surface area contributed by atoms with Crippen molar-refractivity contribution in [3.05, 3.63) is 23.3 Å². The number of nitrogens with two attached hydrogens (primary N) is 1. The van der Waals surface area contributed by atoms with Crippen molar-refractivity contribution in [2.75, 3.05) is 13.7 Å². The first-order valence-electron chi connectivity index (χ1n) is 6.96. The summed E-state index contributed by atoms with van der Waals surface area (Å²) >= 11 is 0. The Morgan fingerprint density at radius 3 is 2.32 bits per heavy atom. The van der Waals surface area contributed by atoms with E-state index in [1.807, 2.05) is 6.07 Å². The summed E-state index contributed by atoms with van der Waals surface area (Å²) in [4.78, 5) is 0. The second-order valence-electron chi connectivity index (χ2n) is 6.66. The lowest BCUT2D eigenvalue weighted by molar-refractivity contribution is 0.241. The van der Waals surface area contributed by atoms with Crippen molar-refractivity contribution in [3.8, 4) is 11.5 Å². The number of hydrogen-bond acceptors (Lipinski definition) is 3. The number of phenols is 1. The first-order valence-corrected chi connectivity index (χ1v) is 6.96. The normalized spacial score (nSPS) is 17.9. The standard InChI is InChI=1S/C16H25NO2/c1-15(2,3)11-8-12(14(18)13(9-11)19-4)16(10-17)6-5-7-16/h8-9,18H,5-7,10,17H2,1-4H3. The molecular weight excluding hydrogens is 238 g/mol. The van der Waals surface area contributed by atoms with E-state index in [1.54, 1.807) is 7.11 Å². The third-order valence-corrected chi connectivity index (χ3v) is 4.43. The van der Waals surface area contributed by atoms with Gasteiger partial charge in [0.15, 0.2) is 11.5 Å². The molecule has 0 aliphatic heterocycles. The molecule has 0 radical (unpaired) electrons. The molecule has 1 fully saturated rings. The Hall–Kier alpha value is -1.22. The van der Waals surface area contributed by atoms with Crippen molar-refractivity contribution in [2.45, 2.75) is 50.9 Å². The van der Waals surface area contributed by atoms with E-state index in [-0.39, 0.29) is 16.6 Å². The van der Waals surface area contributed by atoms with E-state index in [2.05, 4.69) is 26.8 Å². The minimum atomic E-state index is -0.0569. The van der Waals surface area contributed by atoms with Crippen LogP contribution in [-0.2, 0) is 10.8 Å². The quantitative estimate of drug-likeness (QED) is 0.881. The van der Waals surface area contributed by atoms with Crippen LogP contribution in [-0.4, -0.2) is 18.8 Å². The monoisotopic (exact) mass is 263 g/mol. The number of aromatic hydroxyl groups is 1. The molecule has 3 N–H and O–H groups in total. The van der Waals surface area contributed by atoms with Crippen LogP contribution in [0.15, 0.2) is 12.1 Å². The maximum Gasteiger partial charge on any atom is 0.161 e. The molecule has 0 aromatic heterocycles. The van der Waals surface area contributed by atoms with Crippen LogP contribution in [0.4, 0.5) is 0 Å². The van der Waals surface area contributed by atoms with Crippen LogP contribution in [0.2, 0.25) is 0 Å². The Bertz CT molecular complexity index is 465. The van der Waals surface area contributed by atoms with Crippen molar-refractivity contribution in [3.63, 3.8) is 0 Å². The van der Waals surface area contributed by atoms with Crippen LogP contribution in [0.5, 0.6) is 11.5 Å². The molecule has 0 bridgehead atoms. The highest BCUT2D eigenvalue weighted by atomic mass is 16.5. The molecule has 106 valence electrons. The lowest BCUT2D eigenvalue weighted by atomic mass is 9.63. The molecule has 1 aliphatic carbocycles. The van der Waals surface area contributed by atoms with Gasteiger partial charge in [-0.1, -0.05) is 33.3 Å². The maximum absolute atomic E-state index is 10.4. The summed E-state index contributed by atoms with van der Waals surface area (Å²) in [6, 6.07) is 4.05. The van der Waals surface area contributed by atoms with E-state index in [1.165, 1.54) is 12.0 Å². The van der Waals surface area contributed by atoms with Crippen LogP contribution in [0.25, 0.3) is 0 Å². The number of ether oxygens (including phenoxy) is 1. The zero-order chi connectivity index (χ0) is 14.3. The highest BCUT2D eigenvalue weighted by Crippen LogP contribution is 2.49. The average Bonchev–Trinajstić information content (AvgIpc) is 2.29. The van der Waals surface area contributed by atoms with Gasteiger partial charge in [0.25, 0.3) is 0 Å². The van der Waals surface area contributed by atoms with Crippen LogP contribution in [0, 0.1) is 0 Å². The van der Waals surface area contributed by atoms with Crippen LogP contribution in [0.3, 0.4) is 0 Å². The van der Waals surface area contributed by atoms with Gasteiger partial charge in [-0.15, -0.1) is 0 Å².